The van der Waals surface area contributed by atoms with Gasteiger partial charge in [0.15, 0.2) is 5.69 Å². The Kier molecular flexibility index (Phi) is 4.58. The molecule has 0 spiro atoms. The minimum absolute atomic E-state index is 0.198. The summed E-state index contributed by atoms with van der Waals surface area (Å²) >= 11 is 0. The van der Waals surface area contributed by atoms with Gasteiger partial charge in [-0.15, -0.1) is 0 Å². The largest absolute Gasteiger partial charge is 0.393 e. The third-order valence-electron chi connectivity index (χ3n) is 3.64. The van der Waals surface area contributed by atoms with Crippen molar-refractivity contribution in [3.05, 3.63) is 17.5 Å². The maximum Gasteiger partial charge on any atom is 0.273 e. The quantitative estimate of drug-likeness (QED) is 0.875. The minimum atomic E-state index is -0.213. The summed E-state index contributed by atoms with van der Waals surface area (Å²) in [6.07, 6.45) is 3.54. The predicted molar refractivity (Wildman–Crippen MR) is 70.9 cm³/mol. The van der Waals surface area contributed by atoms with Crippen molar-refractivity contribution in [2.45, 2.75) is 51.6 Å². The zero-order valence-corrected chi connectivity index (χ0v) is 11.6. The van der Waals surface area contributed by atoms with Gasteiger partial charge in [0.25, 0.3) is 5.91 Å². The minimum Gasteiger partial charge on any atom is -0.393 e. The Labute approximate surface area is 113 Å². The lowest BCUT2D eigenvalue weighted by Crippen LogP contribution is -2.33. The summed E-state index contributed by atoms with van der Waals surface area (Å²) < 4.78 is 5.11. The Bertz CT molecular complexity index is 428. The zero-order valence-electron chi connectivity index (χ0n) is 11.6. The average Bonchev–Trinajstić information content (AvgIpc) is 2.86. The van der Waals surface area contributed by atoms with Crippen molar-refractivity contribution in [2.75, 3.05) is 6.54 Å². The Morgan fingerprint density at radius 2 is 2.37 bits per heavy atom. The van der Waals surface area contributed by atoms with Crippen molar-refractivity contribution in [1.29, 1.82) is 0 Å². The van der Waals surface area contributed by atoms with Gasteiger partial charge in [0, 0.05) is 18.5 Å². The summed E-state index contributed by atoms with van der Waals surface area (Å²) in [5.74, 6) is 1.11. The highest BCUT2D eigenvalue weighted by molar-refractivity contribution is 5.92. The molecule has 19 heavy (non-hydrogen) atoms. The normalized spacial score (nSPS) is 23.6. The van der Waals surface area contributed by atoms with E-state index in [0.29, 0.717) is 18.2 Å². The third kappa shape index (κ3) is 3.80. The first-order valence-corrected chi connectivity index (χ1v) is 6.99. The second-order valence-corrected chi connectivity index (χ2v) is 5.67. The van der Waals surface area contributed by atoms with Gasteiger partial charge in [-0.2, -0.15) is 0 Å². The molecule has 2 N–H and O–H groups in total. The smallest absolute Gasteiger partial charge is 0.273 e. The Morgan fingerprint density at radius 1 is 1.58 bits per heavy atom. The number of hydrogen-bond donors (Lipinski definition) is 2. The second-order valence-electron chi connectivity index (χ2n) is 5.67. The maximum absolute atomic E-state index is 11.9. The number of carbonyl (C=O) groups is 1. The van der Waals surface area contributed by atoms with Crippen LogP contribution in [-0.4, -0.2) is 28.8 Å². The number of amides is 1. The van der Waals surface area contributed by atoms with Gasteiger partial charge < -0.3 is 14.9 Å². The van der Waals surface area contributed by atoms with Crippen LogP contribution in [0.15, 0.2) is 10.6 Å². The highest BCUT2D eigenvalue weighted by Gasteiger charge is 2.21. The van der Waals surface area contributed by atoms with E-state index in [1.165, 1.54) is 0 Å². The van der Waals surface area contributed by atoms with Crippen molar-refractivity contribution in [2.24, 2.45) is 5.92 Å². The molecule has 0 aliphatic heterocycles. The summed E-state index contributed by atoms with van der Waals surface area (Å²) in [6.45, 7) is 4.58. The fraction of sp³-hybridized carbons (Fsp3) is 0.714. The molecule has 1 aromatic heterocycles. The number of carbonyl (C=O) groups excluding carboxylic acids is 1. The van der Waals surface area contributed by atoms with Crippen molar-refractivity contribution in [3.8, 4) is 0 Å². The van der Waals surface area contributed by atoms with E-state index in [0.717, 1.165) is 31.4 Å². The van der Waals surface area contributed by atoms with Crippen LogP contribution >= 0.6 is 0 Å². The molecule has 0 radical (unpaired) electrons. The molecule has 5 nitrogen and oxygen atoms in total. The maximum atomic E-state index is 11.9. The van der Waals surface area contributed by atoms with Crippen LogP contribution in [0.5, 0.6) is 0 Å². The highest BCUT2D eigenvalue weighted by Crippen LogP contribution is 2.23. The molecule has 0 saturated heterocycles. The van der Waals surface area contributed by atoms with Gasteiger partial charge in [0.1, 0.15) is 5.76 Å². The number of nitrogens with zero attached hydrogens (tertiary/aromatic N) is 1. The van der Waals surface area contributed by atoms with Crippen molar-refractivity contribution < 1.29 is 14.4 Å². The molecule has 1 amide bonds. The van der Waals surface area contributed by atoms with Crippen LogP contribution in [0, 0.1) is 5.92 Å². The number of aliphatic hydroxyl groups excluding tert-OH is 1. The van der Waals surface area contributed by atoms with Gasteiger partial charge in [0.2, 0.25) is 0 Å². The van der Waals surface area contributed by atoms with Gasteiger partial charge in [-0.1, -0.05) is 25.4 Å². The summed E-state index contributed by atoms with van der Waals surface area (Å²) in [5, 5.41) is 16.2. The first kappa shape index (κ1) is 14.1. The average molecular weight is 266 g/mol. The molecular weight excluding hydrogens is 244 g/mol. The van der Waals surface area contributed by atoms with Gasteiger partial charge in [-0.25, -0.2) is 0 Å². The second kappa shape index (κ2) is 6.19. The lowest BCUT2D eigenvalue weighted by atomic mass is 9.87. The van der Waals surface area contributed by atoms with Crippen LogP contribution in [0.25, 0.3) is 0 Å². The van der Waals surface area contributed by atoms with Crippen LogP contribution in [0.4, 0.5) is 0 Å². The number of aliphatic hydroxyl groups is 1. The van der Waals surface area contributed by atoms with Gasteiger partial charge in [-0.3, -0.25) is 4.79 Å². The monoisotopic (exact) mass is 266 g/mol. The molecule has 2 unspecified atom stereocenters. The van der Waals surface area contributed by atoms with Crippen LogP contribution in [0.3, 0.4) is 0 Å². The van der Waals surface area contributed by atoms with E-state index < -0.39 is 0 Å². The molecule has 1 saturated carbocycles. The molecule has 1 aromatic rings. The van der Waals surface area contributed by atoms with Crippen molar-refractivity contribution in [1.82, 2.24) is 10.5 Å². The first-order chi connectivity index (χ1) is 9.06. The van der Waals surface area contributed by atoms with Crippen molar-refractivity contribution >= 4 is 5.91 Å². The standard InChI is InChI=1S/C14H22N2O3/c1-9(2)13-7-12(16-19-13)14(18)15-8-10-4-3-5-11(17)6-10/h7,9-11,17H,3-6,8H2,1-2H3,(H,15,18). The third-order valence-corrected chi connectivity index (χ3v) is 3.64. The van der Waals surface area contributed by atoms with Gasteiger partial charge in [-0.05, 0) is 25.2 Å². The number of aromatic nitrogens is 1. The fourth-order valence-electron chi connectivity index (χ4n) is 2.44. The zero-order chi connectivity index (χ0) is 13.8. The SMILES string of the molecule is CC(C)c1cc(C(=O)NCC2CCCC(O)C2)no1. The molecular formula is C14H22N2O3. The number of nitrogens with one attached hydrogen (secondary N) is 1. The molecule has 0 aromatic carbocycles. The molecule has 1 heterocycles. The van der Waals surface area contributed by atoms with Crippen LogP contribution in [0.1, 0.15) is 61.7 Å². The molecule has 2 rings (SSSR count). The summed E-state index contributed by atoms with van der Waals surface area (Å²) in [4.78, 5) is 11.9. The van der Waals surface area contributed by atoms with E-state index in [2.05, 4.69) is 10.5 Å². The van der Waals surface area contributed by atoms with E-state index in [4.69, 9.17) is 4.52 Å². The number of hydrogen-bond acceptors (Lipinski definition) is 4. The fourth-order valence-corrected chi connectivity index (χ4v) is 2.44. The van der Waals surface area contributed by atoms with E-state index in [-0.39, 0.29) is 17.9 Å². The summed E-state index contributed by atoms with van der Waals surface area (Å²) in [5.41, 5.74) is 0.333. The van der Waals surface area contributed by atoms with E-state index in [1.807, 2.05) is 13.8 Å². The first-order valence-electron chi connectivity index (χ1n) is 6.99. The van der Waals surface area contributed by atoms with E-state index in [1.54, 1.807) is 6.07 Å². The van der Waals surface area contributed by atoms with Crippen LogP contribution < -0.4 is 5.32 Å². The lowest BCUT2D eigenvalue weighted by molar-refractivity contribution is 0.0867. The summed E-state index contributed by atoms with van der Waals surface area (Å²) in [7, 11) is 0. The Hall–Kier alpha value is -1.36. The van der Waals surface area contributed by atoms with E-state index in [9.17, 15) is 9.90 Å². The number of rotatable bonds is 4. The van der Waals surface area contributed by atoms with Gasteiger partial charge in [0.05, 0.1) is 6.10 Å². The molecule has 2 atom stereocenters. The molecule has 1 aliphatic rings. The van der Waals surface area contributed by atoms with Crippen LogP contribution in [-0.2, 0) is 0 Å². The van der Waals surface area contributed by atoms with Crippen LogP contribution in [0.2, 0.25) is 0 Å². The topological polar surface area (TPSA) is 75.4 Å². The van der Waals surface area contributed by atoms with Gasteiger partial charge >= 0.3 is 0 Å². The van der Waals surface area contributed by atoms with Crippen molar-refractivity contribution in [3.63, 3.8) is 0 Å². The molecule has 5 heteroatoms. The summed E-state index contributed by atoms with van der Waals surface area (Å²) in [6, 6.07) is 1.69. The van der Waals surface area contributed by atoms with E-state index >= 15 is 0 Å². The molecule has 1 fully saturated rings. The Morgan fingerprint density at radius 3 is 3.00 bits per heavy atom. The lowest BCUT2D eigenvalue weighted by Gasteiger charge is -2.25. The Balaban J connectivity index is 1.83. The molecule has 0 bridgehead atoms. The molecule has 106 valence electrons. The predicted octanol–water partition coefficient (Wildman–Crippen LogP) is 2.08. The molecule has 1 aliphatic carbocycles. The highest BCUT2D eigenvalue weighted by atomic mass is 16.5.